The maximum atomic E-state index is 12.3. The summed E-state index contributed by atoms with van der Waals surface area (Å²) < 4.78 is 10.4. The maximum Gasteiger partial charge on any atom is 0.338 e. The molecule has 6 nitrogen and oxygen atoms in total. The molecule has 2 aromatic carbocycles. The van der Waals surface area contributed by atoms with E-state index in [0.717, 1.165) is 18.8 Å². The monoisotopic (exact) mass is 370 g/mol. The van der Waals surface area contributed by atoms with E-state index < -0.39 is 18.0 Å². The normalized spacial score (nSPS) is 11.4. The highest BCUT2D eigenvalue weighted by atomic mass is 16.5. The third-order valence-electron chi connectivity index (χ3n) is 4.22. The first kappa shape index (κ1) is 20.3. The minimum Gasteiger partial charge on any atom is -0.497 e. The summed E-state index contributed by atoms with van der Waals surface area (Å²) in [6.07, 6.45) is -0.925. The highest BCUT2D eigenvalue weighted by molar-refractivity contribution is 5.97. The van der Waals surface area contributed by atoms with Crippen molar-refractivity contribution in [3.63, 3.8) is 0 Å². The van der Waals surface area contributed by atoms with Gasteiger partial charge in [0.1, 0.15) is 5.75 Å². The second-order valence-electron chi connectivity index (χ2n) is 5.99. The van der Waals surface area contributed by atoms with Gasteiger partial charge in [0.05, 0.1) is 12.7 Å². The third kappa shape index (κ3) is 5.48. The van der Waals surface area contributed by atoms with Crippen LogP contribution in [0.2, 0.25) is 0 Å². The standard InChI is InChI=1S/C21H26N2O4/c1-5-23(6-2)18-12-10-16(11-13-18)21(25)27-15(3)20(24)22-17-8-7-9-19(14-17)26-4/h7-15H,5-6H2,1-4H3,(H,22,24)/t15-/m0/s1. The Labute approximate surface area is 160 Å². The zero-order valence-corrected chi connectivity index (χ0v) is 16.2. The molecule has 1 atom stereocenters. The predicted molar refractivity (Wildman–Crippen MR) is 107 cm³/mol. The molecular weight excluding hydrogens is 344 g/mol. The van der Waals surface area contributed by atoms with Crippen LogP contribution in [0.1, 0.15) is 31.1 Å². The smallest absolute Gasteiger partial charge is 0.338 e. The average Bonchev–Trinajstić information content (AvgIpc) is 2.69. The molecule has 27 heavy (non-hydrogen) atoms. The number of nitrogens with zero attached hydrogens (tertiary/aromatic N) is 1. The number of rotatable bonds is 8. The van der Waals surface area contributed by atoms with Gasteiger partial charge in [-0.1, -0.05) is 6.07 Å². The molecule has 0 radical (unpaired) electrons. The van der Waals surface area contributed by atoms with Gasteiger partial charge in [0, 0.05) is 30.5 Å². The van der Waals surface area contributed by atoms with E-state index in [-0.39, 0.29) is 0 Å². The fourth-order valence-electron chi connectivity index (χ4n) is 2.62. The number of hydrogen-bond acceptors (Lipinski definition) is 5. The van der Waals surface area contributed by atoms with Crippen molar-refractivity contribution in [2.24, 2.45) is 0 Å². The molecule has 144 valence electrons. The molecule has 2 rings (SSSR count). The van der Waals surface area contributed by atoms with E-state index in [1.54, 1.807) is 43.5 Å². The Bertz CT molecular complexity index is 770. The number of carbonyl (C=O) groups is 2. The van der Waals surface area contributed by atoms with E-state index in [1.807, 2.05) is 12.1 Å². The van der Waals surface area contributed by atoms with Crippen molar-refractivity contribution in [2.45, 2.75) is 26.9 Å². The van der Waals surface area contributed by atoms with Gasteiger partial charge in [-0.05, 0) is 57.2 Å². The lowest BCUT2D eigenvalue weighted by Gasteiger charge is -2.21. The number of methoxy groups -OCH3 is 1. The Morgan fingerprint density at radius 2 is 1.74 bits per heavy atom. The fraction of sp³-hybridized carbons (Fsp3) is 0.333. The SMILES string of the molecule is CCN(CC)c1ccc(C(=O)O[C@@H](C)C(=O)Nc2cccc(OC)c2)cc1. The quantitative estimate of drug-likeness (QED) is 0.717. The van der Waals surface area contributed by atoms with Gasteiger partial charge in [0.15, 0.2) is 6.10 Å². The molecule has 0 aliphatic rings. The Morgan fingerprint density at radius 1 is 1.07 bits per heavy atom. The zero-order chi connectivity index (χ0) is 19.8. The molecule has 0 unspecified atom stereocenters. The van der Waals surface area contributed by atoms with Crippen LogP contribution in [0.25, 0.3) is 0 Å². The highest BCUT2D eigenvalue weighted by Crippen LogP contribution is 2.18. The van der Waals surface area contributed by atoms with Crippen LogP contribution in [0.5, 0.6) is 5.75 Å². The Hall–Kier alpha value is -3.02. The van der Waals surface area contributed by atoms with Crippen LogP contribution in [-0.2, 0) is 9.53 Å². The molecule has 0 spiro atoms. The van der Waals surface area contributed by atoms with Crippen LogP contribution in [0.15, 0.2) is 48.5 Å². The topological polar surface area (TPSA) is 67.9 Å². The molecule has 2 aromatic rings. The van der Waals surface area contributed by atoms with Crippen LogP contribution in [-0.4, -0.2) is 38.2 Å². The lowest BCUT2D eigenvalue weighted by atomic mass is 10.2. The van der Waals surface area contributed by atoms with Crippen molar-refractivity contribution in [3.05, 3.63) is 54.1 Å². The van der Waals surface area contributed by atoms with Crippen molar-refractivity contribution in [1.82, 2.24) is 0 Å². The van der Waals surface area contributed by atoms with Gasteiger partial charge in [-0.3, -0.25) is 4.79 Å². The summed E-state index contributed by atoms with van der Waals surface area (Å²) in [6, 6.07) is 14.2. The van der Waals surface area contributed by atoms with Crippen molar-refractivity contribution in [1.29, 1.82) is 0 Å². The molecule has 6 heteroatoms. The summed E-state index contributed by atoms with van der Waals surface area (Å²) in [5.41, 5.74) is 2.03. The molecule has 0 fully saturated rings. The van der Waals surface area contributed by atoms with E-state index >= 15 is 0 Å². The number of ether oxygens (including phenoxy) is 2. The molecule has 0 heterocycles. The maximum absolute atomic E-state index is 12.3. The summed E-state index contributed by atoms with van der Waals surface area (Å²) >= 11 is 0. The van der Waals surface area contributed by atoms with Gasteiger partial charge in [-0.2, -0.15) is 0 Å². The minimum atomic E-state index is -0.925. The number of carbonyl (C=O) groups excluding carboxylic acids is 2. The molecular formula is C21H26N2O4. The first-order valence-electron chi connectivity index (χ1n) is 8.99. The van der Waals surface area contributed by atoms with E-state index in [4.69, 9.17) is 9.47 Å². The lowest BCUT2D eigenvalue weighted by molar-refractivity contribution is -0.123. The van der Waals surface area contributed by atoms with Crippen molar-refractivity contribution < 1.29 is 19.1 Å². The first-order valence-corrected chi connectivity index (χ1v) is 8.99. The first-order chi connectivity index (χ1) is 13.0. The molecule has 0 bridgehead atoms. The molecule has 0 aliphatic heterocycles. The van der Waals surface area contributed by atoms with Crippen molar-refractivity contribution in [2.75, 3.05) is 30.4 Å². The van der Waals surface area contributed by atoms with Crippen LogP contribution in [0.3, 0.4) is 0 Å². The summed E-state index contributed by atoms with van der Waals surface area (Å²) in [6.45, 7) is 7.48. The molecule has 1 N–H and O–H groups in total. The fourth-order valence-corrected chi connectivity index (χ4v) is 2.62. The number of hydrogen-bond donors (Lipinski definition) is 1. The van der Waals surface area contributed by atoms with Gasteiger partial charge >= 0.3 is 5.97 Å². The van der Waals surface area contributed by atoms with Crippen molar-refractivity contribution in [3.8, 4) is 5.75 Å². The largest absolute Gasteiger partial charge is 0.497 e. The van der Waals surface area contributed by atoms with Gasteiger partial charge < -0.3 is 19.7 Å². The second-order valence-corrected chi connectivity index (χ2v) is 5.99. The van der Waals surface area contributed by atoms with Crippen LogP contribution in [0, 0.1) is 0 Å². The van der Waals surface area contributed by atoms with Crippen LogP contribution in [0.4, 0.5) is 11.4 Å². The molecule has 0 aromatic heterocycles. The van der Waals surface area contributed by atoms with E-state index in [0.29, 0.717) is 17.0 Å². The van der Waals surface area contributed by atoms with Crippen LogP contribution < -0.4 is 15.0 Å². The van der Waals surface area contributed by atoms with Gasteiger partial charge in [0.25, 0.3) is 5.91 Å². The number of benzene rings is 2. The van der Waals surface area contributed by atoms with Crippen LogP contribution >= 0.6 is 0 Å². The number of nitrogens with one attached hydrogen (secondary N) is 1. The second kappa shape index (κ2) is 9.62. The molecule has 1 amide bonds. The summed E-state index contributed by atoms with van der Waals surface area (Å²) in [5, 5.41) is 2.71. The zero-order valence-electron chi connectivity index (χ0n) is 16.2. The molecule has 0 saturated heterocycles. The van der Waals surface area contributed by atoms with Gasteiger partial charge in [-0.25, -0.2) is 4.79 Å². The van der Waals surface area contributed by atoms with Crippen molar-refractivity contribution >= 4 is 23.3 Å². The molecule has 0 aliphatic carbocycles. The average molecular weight is 370 g/mol. The molecule has 0 saturated carbocycles. The minimum absolute atomic E-state index is 0.406. The van der Waals surface area contributed by atoms with E-state index in [9.17, 15) is 9.59 Å². The number of anilines is 2. The Kier molecular flexibility index (Phi) is 7.23. The summed E-state index contributed by atoms with van der Waals surface area (Å²) in [7, 11) is 1.55. The summed E-state index contributed by atoms with van der Waals surface area (Å²) in [4.78, 5) is 26.7. The van der Waals surface area contributed by atoms with E-state index in [2.05, 4.69) is 24.1 Å². The van der Waals surface area contributed by atoms with E-state index in [1.165, 1.54) is 6.92 Å². The number of esters is 1. The lowest BCUT2D eigenvalue weighted by Crippen LogP contribution is -2.30. The highest BCUT2D eigenvalue weighted by Gasteiger charge is 2.19. The predicted octanol–water partition coefficient (Wildman–Crippen LogP) is 3.73. The van der Waals surface area contributed by atoms with Gasteiger partial charge in [-0.15, -0.1) is 0 Å². The van der Waals surface area contributed by atoms with Gasteiger partial charge in [0.2, 0.25) is 0 Å². The number of amides is 1. The Morgan fingerprint density at radius 3 is 2.33 bits per heavy atom. The summed E-state index contributed by atoms with van der Waals surface area (Å²) in [5.74, 6) is -0.309. The third-order valence-corrected chi connectivity index (χ3v) is 4.22. The Balaban J connectivity index is 1.96.